The van der Waals surface area contributed by atoms with E-state index in [0.717, 1.165) is 78.0 Å². The minimum absolute atomic E-state index is 0.216. The van der Waals surface area contributed by atoms with Crippen LogP contribution in [0, 0.1) is 5.41 Å². The lowest BCUT2D eigenvalue weighted by atomic mass is 9.76. The average Bonchev–Trinajstić information content (AvgIpc) is 3.52. The van der Waals surface area contributed by atoms with Crippen LogP contribution in [-0.4, -0.2) is 49.7 Å². The Morgan fingerprint density at radius 1 is 0.872 bits per heavy atom. The Morgan fingerprint density at radius 3 is 2.23 bits per heavy atom. The molecule has 4 aromatic rings. The van der Waals surface area contributed by atoms with Crippen LogP contribution in [0.25, 0.3) is 22.3 Å². The van der Waals surface area contributed by atoms with E-state index in [2.05, 4.69) is 80.6 Å². The predicted octanol–water partition coefficient (Wildman–Crippen LogP) is 8.93. The molecule has 0 N–H and O–H groups in total. The molecule has 9 heteroatoms. The fourth-order valence-electron chi connectivity index (χ4n) is 6.08. The number of ether oxygens (including phenoxy) is 3. The van der Waals surface area contributed by atoms with Crippen molar-refractivity contribution in [2.45, 2.75) is 111 Å². The van der Waals surface area contributed by atoms with Gasteiger partial charge in [0.15, 0.2) is 0 Å². The van der Waals surface area contributed by atoms with Gasteiger partial charge in [-0.2, -0.15) is 5.10 Å². The van der Waals surface area contributed by atoms with Crippen molar-refractivity contribution in [1.82, 2.24) is 14.3 Å². The molecule has 0 saturated carbocycles. The Hall–Kier alpha value is -2.99. The molecule has 0 atom stereocenters. The molecule has 0 radical (unpaired) electrons. The van der Waals surface area contributed by atoms with Gasteiger partial charge < -0.3 is 18.8 Å². The summed E-state index contributed by atoms with van der Waals surface area (Å²) >= 11 is 0. The summed E-state index contributed by atoms with van der Waals surface area (Å²) in [5.74, 6) is -0.234. The smallest absolute Gasteiger partial charge is 0.310 e. The fraction of sp³-hybridized carbons (Fsp3) is 0.526. The van der Waals surface area contributed by atoms with Gasteiger partial charge in [-0.1, -0.05) is 95.6 Å². The first-order valence-electron chi connectivity index (χ1n) is 17.2. The highest BCUT2D eigenvalue weighted by Crippen LogP contribution is 2.40. The van der Waals surface area contributed by atoms with Crippen molar-refractivity contribution in [2.75, 3.05) is 13.2 Å². The van der Waals surface area contributed by atoms with Crippen LogP contribution in [0.3, 0.4) is 0 Å². The molecule has 2 aromatic carbocycles. The highest BCUT2D eigenvalue weighted by molar-refractivity contribution is 6.76. The van der Waals surface area contributed by atoms with Crippen molar-refractivity contribution in [3.8, 4) is 11.4 Å². The third kappa shape index (κ3) is 9.78. The van der Waals surface area contributed by atoms with Crippen LogP contribution in [0.5, 0.6) is 0 Å². The number of carbonyl (C=O) groups excluding carboxylic acids is 1. The highest BCUT2D eigenvalue weighted by atomic mass is 28.3. The fourth-order valence-corrected chi connectivity index (χ4v) is 7.59. The van der Waals surface area contributed by atoms with E-state index in [1.54, 1.807) is 0 Å². The van der Waals surface area contributed by atoms with Gasteiger partial charge in [0.25, 0.3) is 0 Å². The van der Waals surface area contributed by atoms with Gasteiger partial charge in [0, 0.05) is 46.0 Å². The number of aromatic nitrogens is 3. The van der Waals surface area contributed by atoms with Crippen LogP contribution in [0.4, 0.5) is 0 Å². The molecule has 0 unspecified atom stereocenters. The van der Waals surface area contributed by atoms with E-state index in [-0.39, 0.29) is 24.4 Å². The number of fused-ring (bicyclic) bond motifs is 2. The summed E-state index contributed by atoms with van der Waals surface area (Å²) < 4.78 is 22.6. The number of esters is 1. The van der Waals surface area contributed by atoms with Crippen LogP contribution in [-0.2, 0) is 58.3 Å². The lowest BCUT2D eigenvalue weighted by Crippen LogP contribution is -2.25. The van der Waals surface area contributed by atoms with Crippen LogP contribution < -0.4 is 0 Å². The SMILES string of the molecule is CC1(C)CCc2c(-c3cc4ccc(CC(=O)OCc5ccccc5)cc4n3COCC[Si](C)(C)C)nn(COCC[Si](C)(C)C)c2C1. The molecule has 0 amide bonds. The van der Waals surface area contributed by atoms with E-state index in [0.29, 0.717) is 13.5 Å². The van der Waals surface area contributed by atoms with E-state index >= 15 is 0 Å². The number of rotatable bonds is 15. The Morgan fingerprint density at radius 2 is 1.55 bits per heavy atom. The van der Waals surface area contributed by atoms with Crippen LogP contribution in [0.1, 0.15) is 42.7 Å². The van der Waals surface area contributed by atoms with Gasteiger partial charge >= 0.3 is 5.97 Å². The zero-order chi connectivity index (χ0) is 33.8. The van der Waals surface area contributed by atoms with Gasteiger partial charge in [0.2, 0.25) is 0 Å². The first-order valence-corrected chi connectivity index (χ1v) is 24.7. The molecule has 47 heavy (non-hydrogen) atoms. The zero-order valence-corrected chi connectivity index (χ0v) is 31.9. The second-order valence-corrected chi connectivity index (χ2v) is 27.7. The predicted molar refractivity (Wildman–Crippen MR) is 197 cm³/mol. The molecular formula is C38H55N3O4Si2. The van der Waals surface area contributed by atoms with E-state index in [4.69, 9.17) is 19.3 Å². The molecule has 0 bridgehead atoms. The number of nitrogens with zero attached hydrogens (tertiary/aromatic N) is 3. The topological polar surface area (TPSA) is 67.5 Å². The third-order valence-electron chi connectivity index (χ3n) is 9.09. The normalized spacial score (nSPS) is 14.8. The van der Waals surface area contributed by atoms with Crippen molar-refractivity contribution in [3.63, 3.8) is 0 Å². The van der Waals surface area contributed by atoms with Gasteiger partial charge in [-0.15, -0.1) is 0 Å². The zero-order valence-electron chi connectivity index (χ0n) is 29.9. The lowest BCUT2D eigenvalue weighted by Gasteiger charge is -2.30. The van der Waals surface area contributed by atoms with Gasteiger partial charge in [-0.25, -0.2) is 4.68 Å². The van der Waals surface area contributed by atoms with Gasteiger partial charge in [0.1, 0.15) is 25.8 Å². The van der Waals surface area contributed by atoms with E-state index in [1.807, 2.05) is 36.4 Å². The van der Waals surface area contributed by atoms with Crippen LogP contribution in [0.15, 0.2) is 54.6 Å². The quantitative estimate of drug-likeness (QED) is 0.0716. The molecule has 0 fully saturated rings. The number of benzene rings is 2. The van der Waals surface area contributed by atoms with E-state index < -0.39 is 16.1 Å². The highest BCUT2D eigenvalue weighted by Gasteiger charge is 2.32. The standard InChI is InChI=1S/C38H55N3O4Si2/c1-38(2)17-16-32-35(25-38)41(28-44-19-21-47(6,7)8)39-37(32)34-24-31-15-14-30(23-36(42)45-26-29-12-10-9-11-13-29)22-33(31)40(34)27-43-18-20-46(3,4)5/h9-15,22,24H,16-21,23,25-28H2,1-8H3. The first kappa shape index (κ1) is 35.3. The van der Waals surface area contributed by atoms with E-state index in [1.165, 1.54) is 11.3 Å². The second kappa shape index (κ2) is 14.6. The summed E-state index contributed by atoms with van der Waals surface area (Å²) in [6, 6.07) is 20.6. The van der Waals surface area contributed by atoms with Crippen molar-refractivity contribution in [1.29, 1.82) is 0 Å². The second-order valence-electron chi connectivity index (χ2n) is 16.5. The molecular weight excluding hydrogens is 619 g/mol. The van der Waals surface area contributed by atoms with Crippen LogP contribution >= 0.6 is 0 Å². The van der Waals surface area contributed by atoms with Crippen molar-refractivity contribution in [3.05, 3.63) is 77.0 Å². The molecule has 2 heterocycles. The summed E-state index contributed by atoms with van der Waals surface area (Å²) in [5.41, 5.74) is 7.89. The Bertz CT molecular complexity index is 1660. The molecule has 7 nitrogen and oxygen atoms in total. The molecule has 1 aliphatic carbocycles. The summed E-state index contributed by atoms with van der Waals surface area (Å²) in [5, 5.41) is 6.38. The molecule has 1 aliphatic rings. The lowest BCUT2D eigenvalue weighted by molar-refractivity contribution is -0.144. The third-order valence-corrected chi connectivity index (χ3v) is 12.5. The maximum atomic E-state index is 12.8. The molecule has 2 aromatic heterocycles. The Labute approximate surface area is 283 Å². The molecule has 0 saturated heterocycles. The van der Waals surface area contributed by atoms with Crippen molar-refractivity contribution in [2.24, 2.45) is 5.41 Å². The van der Waals surface area contributed by atoms with Gasteiger partial charge in [-0.3, -0.25) is 4.79 Å². The minimum atomic E-state index is -1.24. The molecule has 254 valence electrons. The van der Waals surface area contributed by atoms with Crippen molar-refractivity contribution >= 4 is 33.0 Å². The molecule has 0 spiro atoms. The number of hydrogen-bond acceptors (Lipinski definition) is 5. The monoisotopic (exact) mass is 673 g/mol. The first-order chi connectivity index (χ1) is 22.2. The maximum Gasteiger partial charge on any atom is 0.310 e. The Kier molecular flexibility index (Phi) is 11.0. The average molecular weight is 674 g/mol. The van der Waals surface area contributed by atoms with Gasteiger partial charge in [-0.05, 0) is 60.0 Å². The summed E-state index contributed by atoms with van der Waals surface area (Å²) in [4.78, 5) is 12.8. The van der Waals surface area contributed by atoms with Crippen LogP contribution in [0.2, 0.25) is 51.4 Å². The largest absolute Gasteiger partial charge is 0.461 e. The summed E-state index contributed by atoms with van der Waals surface area (Å²) in [6.45, 7) is 21.7. The number of carbonyl (C=O) groups is 1. The maximum absolute atomic E-state index is 12.8. The molecule has 0 aliphatic heterocycles. The van der Waals surface area contributed by atoms with E-state index in [9.17, 15) is 4.79 Å². The van der Waals surface area contributed by atoms with Gasteiger partial charge in [0.05, 0.1) is 17.6 Å². The summed E-state index contributed by atoms with van der Waals surface area (Å²) in [7, 11) is -2.42. The Balaban J connectivity index is 1.46. The molecule has 5 rings (SSSR count). The summed E-state index contributed by atoms with van der Waals surface area (Å²) in [6.07, 6.45) is 3.31. The minimum Gasteiger partial charge on any atom is -0.461 e. The number of hydrogen-bond donors (Lipinski definition) is 0. The van der Waals surface area contributed by atoms with Crippen molar-refractivity contribution < 1.29 is 19.0 Å².